The van der Waals surface area contributed by atoms with Gasteiger partial charge in [0.1, 0.15) is 6.04 Å². The molecule has 1 saturated heterocycles. The summed E-state index contributed by atoms with van der Waals surface area (Å²) in [5.74, 6) is 1.16. The highest BCUT2D eigenvalue weighted by Gasteiger charge is 2.35. The molecule has 0 spiro atoms. The molecule has 2 aromatic rings. The van der Waals surface area contributed by atoms with Crippen molar-refractivity contribution >= 4 is 17.7 Å². The van der Waals surface area contributed by atoms with Crippen LogP contribution in [0.1, 0.15) is 31.5 Å². The molecule has 1 aliphatic rings. The van der Waals surface area contributed by atoms with Gasteiger partial charge in [-0.25, -0.2) is 4.98 Å². The van der Waals surface area contributed by atoms with Crippen LogP contribution in [-0.4, -0.2) is 37.9 Å². The van der Waals surface area contributed by atoms with Gasteiger partial charge in [0.2, 0.25) is 5.91 Å². The van der Waals surface area contributed by atoms with Crippen molar-refractivity contribution in [1.29, 1.82) is 0 Å². The molecule has 22 heavy (non-hydrogen) atoms. The van der Waals surface area contributed by atoms with Crippen LogP contribution in [-0.2, 0) is 4.79 Å². The van der Waals surface area contributed by atoms with Gasteiger partial charge in [0.05, 0.1) is 12.4 Å². The highest BCUT2D eigenvalue weighted by atomic mass is 32.2. The number of benzene rings is 1. The molecule has 1 fully saturated rings. The minimum Gasteiger partial charge on any atom is -0.332 e. The van der Waals surface area contributed by atoms with Crippen molar-refractivity contribution in [3.63, 3.8) is 0 Å². The second-order valence-corrected chi connectivity index (χ2v) is 7.13. The van der Waals surface area contributed by atoms with Crippen molar-refractivity contribution in [1.82, 2.24) is 14.5 Å². The van der Waals surface area contributed by atoms with E-state index in [1.165, 1.54) is 5.56 Å². The molecule has 0 unspecified atom stereocenters. The van der Waals surface area contributed by atoms with Crippen molar-refractivity contribution in [3.05, 3.63) is 54.6 Å². The summed E-state index contributed by atoms with van der Waals surface area (Å²) in [6.45, 7) is 4.95. The minimum absolute atomic E-state index is 0.137. The number of amides is 1. The third kappa shape index (κ3) is 2.90. The maximum atomic E-state index is 13.0. The van der Waals surface area contributed by atoms with E-state index in [-0.39, 0.29) is 18.0 Å². The predicted octanol–water partition coefficient (Wildman–Crippen LogP) is 3.15. The Morgan fingerprint density at radius 2 is 2.14 bits per heavy atom. The van der Waals surface area contributed by atoms with E-state index in [1.54, 1.807) is 12.5 Å². The highest BCUT2D eigenvalue weighted by Crippen LogP contribution is 2.37. The lowest BCUT2D eigenvalue weighted by molar-refractivity contribution is -0.136. The Balaban J connectivity index is 1.88. The zero-order valence-corrected chi connectivity index (χ0v) is 13.7. The predicted molar refractivity (Wildman–Crippen MR) is 89.8 cm³/mol. The summed E-state index contributed by atoms with van der Waals surface area (Å²) in [5, 5.41) is 0.398. The molecule has 4 nitrogen and oxygen atoms in total. The maximum absolute atomic E-state index is 13.0. The average Bonchev–Trinajstić information content (AvgIpc) is 3.08. The molecule has 0 aliphatic carbocycles. The zero-order valence-electron chi connectivity index (χ0n) is 12.9. The first-order valence-electron chi connectivity index (χ1n) is 7.63. The topological polar surface area (TPSA) is 38.1 Å². The molecular weight excluding hydrogens is 294 g/mol. The van der Waals surface area contributed by atoms with E-state index in [4.69, 9.17) is 0 Å². The molecule has 5 heteroatoms. The summed E-state index contributed by atoms with van der Waals surface area (Å²) < 4.78 is 1.87. The Hall–Kier alpha value is -1.75. The van der Waals surface area contributed by atoms with Crippen LogP contribution in [0.15, 0.2) is 49.1 Å². The van der Waals surface area contributed by atoms with Gasteiger partial charge < -0.3 is 9.47 Å². The highest BCUT2D eigenvalue weighted by molar-refractivity contribution is 8.00. The lowest BCUT2D eigenvalue weighted by Gasteiger charge is -2.41. The lowest BCUT2D eigenvalue weighted by Crippen LogP contribution is -2.46. The first-order valence-corrected chi connectivity index (χ1v) is 8.68. The number of aromatic nitrogens is 2. The minimum atomic E-state index is -0.219. The van der Waals surface area contributed by atoms with Gasteiger partial charge in [-0.2, -0.15) is 11.8 Å². The normalized spacial score (nSPS) is 23.3. The fraction of sp³-hybridized carbons (Fsp3) is 0.412. The molecule has 0 saturated carbocycles. The maximum Gasteiger partial charge on any atom is 0.245 e. The van der Waals surface area contributed by atoms with Gasteiger partial charge in [0.15, 0.2) is 0 Å². The number of imidazole rings is 1. The lowest BCUT2D eigenvalue weighted by atomic mass is 10.0. The third-order valence-electron chi connectivity index (χ3n) is 4.25. The number of thioether (sulfide) groups is 1. The number of nitrogens with zero attached hydrogens (tertiary/aromatic N) is 3. The third-order valence-corrected chi connectivity index (χ3v) is 5.45. The molecule has 3 rings (SSSR count). The number of carbonyl (C=O) groups is 1. The van der Waals surface area contributed by atoms with Crippen LogP contribution in [0.3, 0.4) is 0 Å². The largest absolute Gasteiger partial charge is 0.332 e. The smallest absolute Gasteiger partial charge is 0.245 e. The van der Waals surface area contributed by atoms with Crippen molar-refractivity contribution < 1.29 is 4.79 Å². The second kappa shape index (κ2) is 6.57. The van der Waals surface area contributed by atoms with Gasteiger partial charge in [0.25, 0.3) is 0 Å². The van der Waals surface area contributed by atoms with Gasteiger partial charge >= 0.3 is 0 Å². The monoisotopic (exact) mass is 315 g/mol. The van der Waals surface area contributed by atoms with Gasteiger partial charge in [-0.1, -0.05) is 37.3 Å². The molecule has 0 bridgehead atoms. The molecule has 2 heterocycles. The Labute approximate surface area is 135 Å². The van der Waals surface area contributed by atoms with Crippen molar-refractivity contribution in [2.24, 2.45) is 0 Å². The van der Waals surface area contributed by atoms with E-state index in [1.807, 2.05) is 52.5 Å². The molecule has 1 aromatic carbocycles. The molecule has 116 valence electrons. The van der Waals surface area contributed by atoms with Crippen LogP contribution in [0.2, 0.25) is 0 Å². The van der Waals surface area contributed by atoms with Crippen molar-refractivity contribution in [2.75, 3.05) is 12.3 Å². The average molecular weight is 315 g/mol. The number of hydrogen-bond donors (Lipinski definition) is 0. The molecule has 1 amide bonds. The number of rotatable bonds is 3. The Kier molecular flexibility index (Phi) is 4.52. The van der Waals surface area contributed by atoms with E-state index in [0.29, 0.717) is 5.25 Å². The molecule has 0 N–H and O–H groups in total. The Bertz CT molecular complexity index is 614. The van der Waals surface area contributed by atoms with Crippen molar-refractivity contribution in [2.45, 2.75) is 31.2 Å². The van der Waals surface area contributed by atoms with Gasteiger partial charge in [0, 0.05) is 29.9 Å². The summed E-state index contributed by atoms with van der Waals surface area (Å²) >= 11 is 1.94. The quantitative estimate of drug-likeness (QED) is 0.873. The van der Waals surface area contributed by atoms with E-state index >= 15 is 0 Å². The summed E-state index contributed by atoms with van der Waals surface area (Å²) in [6.07, 6.45) is 5.28. The summed E-state index contributed by atoms with van der Waals surface area (Å²) in [7, 11) is 0. The zero-order chi connectivity index (χ0) is 15.5. The fourth-order valence-electron chi connectivity index (χ4n) is 3.04. The first-order chi connectivity index (χ1) is 10.7. The number of hydrogen-bond acceptors (Lipinski definition) is 3. The standard InChI is InChI=1S/C17H21N3OS/c1-13(19-9-8-18-12-19)17(21)20-10-11-22-14(2)16(20)15-6-4-3-5-7-15/h3-9,12-14,16H,10-11H2,1-2H3/t13-,14-,16-/m0/s1. The molecule has 0 radical (unpaired) electrons. The van der Waals surface area contributed by atoms with Crippen LogP contribution < -0.4 is 0 Å². The summed E-state index contributed by atoms with van der Waals surface area (Å²) in [4.78, 5) is 19.1. The SMILES string of the molecule is C[C@@H]1SCCN(C(=O)[C@H](C)n2ccnc2)[C@@H]1c1ccccc1. The van der Waals surface area contributed by atoms with Gasteiger partial charge in [-0.05, 0) is 12.5 Å². The second-order valence-electron chi connectivity index (χ2n) is 5.65. The Morgan fingerprint density at radius 1 is 1.36 bits per heavy atom. The van der Waals surface area contributed by atoms with Gasteiger partial charge in [-0.15, -0.1) is 0 Å². The first kappa shape index (κ1) is 15.2. The Morgan fingerprint density at radius 3 is 2.82 bits per heavy atom. The van der Waals surface area contributed by atoms with Crippen LogP contribution in [0.5, 0.6) is 0 Å². The van der Waals surface area contributed by atoms with Crippen molar-refractivity contribution in [3.8, 4) is 0 Å². The van der Waals surface area contributed by atoms with Crippen LogP contribution in [0, 0.1) is 0 Å². The summed E-state index contributed by atoms with van der Waals surface area (Å²) in [6, 6.07) is 10.3. The fourth-order valence-corrected chi connectivity index (χ4v) is 4.20. The number of carbonyl (C=O) groups excluding carboxylic acids is 1. The van der Waals surface area contributed by atoms with E-state index < -0.39 is 0 Å². The van der Waals surface area contributed by atoms with Crippen LogP contribution in [0.4, 0.5) is 0 Å². The van der Waals surface area contributed by atoms with Crippen LogP contribution in [0.25, 0.3) is 0 Å². The molecule has 1 aliphatic heterocycles. The molecule has 3 atom stereocenters. The van der Waals surface area contributed by atoms with Gasteiger partial charge in [-0.3, -0.25) is 4.79 Å². The van der Waals surface area contributed by atoms with E-state index in [9.17, 15) is 4.79 Å². The molecule has 1 aromatic heterocycles. The summed E-state index contributed by atoms with van der Waals surface area (Å²) in [5.41, 5.74) is 1.22. The molecular formula is C17H21N3OS. The van der Waals surface area contributed by atoms with E-state index in [0.717, 1.165) is 12.3 Å². The van der Waals surface area contributed by atoms with Crippen LogP contribution >= 0.6 is 11.8 Å². The van der Waals surface area contributed by atoms with E-state index in [2.05, 4.69) is 24.0 Å².